The molecule has 0 aliphatic carbocycles. The highest BCUT2D eigenvalue weighted by atomic mass is 16.2. The maximum Gasteiger partial charge on any atom is 0.255 e. The summed E-state index contributed by atoms with van der Waals surface area (Å²) in [6.45, 7) is 3.19. The zero-order valence-corrected chi connectivity index (χ0v) is 14.9. The fraction of sp³-hybridized carbons (Fsp3) is 0.316. The van der Waals surface area contributed by atoms with Gasteiger partial charge < -0.3 is 4.90 Å². The highest BCUT2D eigenvalue weighted by molar-refractivity contribution is 5.94. The SMILES string of the molecule is CCc1ccc(C(=O)N2CCc3ncnc(-c4cnn(C)c4)c3C2)cn1. The van der Waals surface area contributed by atoms with Crippen LogP contribution in [0.4, 0.5) is 0 Å². The summed E-state index contributed by atoms with van der Waals surface area (Å²) in [6.07, 6.45) is 8.55. The number of amides is 1. The van der Waals surface area contributed by atoms with Crippen LogP contribution in [0.25, 0.3) is 11.3 Å². The van der Waals surface area contributed by atoms with E-state index in [0.717, 1.165) is 41.1 Å². The number of pyridine rings is 1. The standard InChI is InChI=1S/C19H20N6O/c1-3-15-5-4-13(8-20-15)19(26)25-7-6-17-16(11-25)18(22-12-21-17)14-9-23-24(2)10-14/h4-5,8-10,12H,3,6-7,11H2,1-2H3. The minimum absolute atomic E-state index is 0.00760. The minimum atomic E-state index is -0.00760. The molecule has 3 aromatic heterocycles. The normalized spacial score (nSPS) is 13.5. The van der Waals surface area contributed by atoms with Crippen molar-refractivity contribution in [2.75, 3.05) is 6.54 Å². The molecular formula is C19H20N6O. The van der Waals surface area contributed by atoms with Crippen molar-refractivity contribution in [2.24, 2.45) is 7.05 Å². The molecule has 1 aliphatic rings. The third kappa shape index (κ3) is 2.96. The van der Waals surface area contributed by atoms with Gasteiger partial charge in [0, 0.05) is 55.8 Å². The Balaban J connectivity index is 1.63. The van der Waals surface area contributed by atoms with E-state index in [1.54, 1.807) is 23.4 Å². The van der Waals surface area contributed by atoms with Crippen LogP contribution < -0.4 is 0 Å². The van der Waals surface area contributed by atoms with Gasteiger partial charge in [0.05, 0.1) is 23.1 Å². The van der Waals surface area contributed by atoms with Crippen LogP contribution in [0.5, 0.6) is 0 Å². The number of rotatable bonds is 3. The van der Waals surface area contributed by atoms with E-state index in [0.29, 0.717) is 18.7 Å². The molecule has 0 bridgehead atoms. The number of fused-ring (bicyclic) bond motifs is 1. The van der Waals surface area contributed by atoms with E-state index in [4.69, 9.17) is 0 Å². The van der Waals surface area contributed by atoms with Crippen molar-refractivity contribution in [1.82, 2.24) is 29.6 Å². The van der Waals surface area contributed by atoms with Gasteiger partial charge in [-0.3, -0.25) is 14.5 Å². The first kappa shape index (κ1) is 16.4. The van der Waals surface area contributed by atoms with E-state index in [-0.39, 0.29) is 5.91 Å². The molecule has 0 spiro atoms. The van der Waals surface area contributed by atoms with Crippen molar-refractivity contribution in [3.8, 4) is 11.3 Å². The summed E-state index contributed by atoms with van der Waals surface area (Å²) in [5, 5.41) is 4.23. The van der Waals surface area contributed by atoms with Crippen molar-refractivity contribution < 1.29 is 4.79 Å². The Labute approximate surface area is 151 Å². The molecule has 0 aromatic carbocycles. The molecule has 0 fully saturated rings. The number of carbonyl (C=O) groups is 1. The lowest BCUT2D eigenvalue weighted by Gasteiger charge is -2.29. The summed E-state index contributed by atoms with van der Waals surface area (Å²) >= 11 is 0. The van der Waals surface area contributed by atoms with Crippen molar-refractivity contribution in [1.29, 1.82) is 0 Å². The summed E-state index contributed by atoms with van der Waals surface area (Å²) in [4.78, 5) is 27.9. The van der Waals surface area contributed by atoms with Gasteiger partial charge in [-0.15, -0.1) is 0 Å². The number of carbonyl (C=O) groups excluding carboxylic acids is 1. The predicted molar refractivity (Wildman–Crippen MR) is 96.3 cm³/mol. The summed E-state index contributed by atoms with van der Waals surface area (Å²) in [5.41, 5.74) is 5.39. The molecule has 26 heavy (non-hydrogen) atoms. The van der Waals surface area contributed by atoms with Crippen molar-refractivity contribution in [2.45, 2.75) is 26.3 Å². The van der Waals surface area contributed by atoms with Crippen molar-refractivity contribution in [3.05, 3.63) is 59.6 Å². The molecule has 1 amide bonds. The highest BCUT2D eigenvalue weighted by Crippen LogP contribution is 2.27. The minimum Gasteiger partial charge on any atom is -0.334 e. The Morgan fingerprint density at radius 3 is 2.77 bits per heavy atom. The van der Waals surface area contributed by atoms with E-state index in [1.165, 1.54) is 0 Å². The van der Waals surface area contributed by atoms with Gasteiger partial charge in [-0.25, -0.2) is 9.97 Å². The molecule has 0 atom stereocenters. The second kappa shape index (κ2) is 6.67. The largest absolute Gasteiger partial charge is 0.334 e. The fourth-order valence-corrected chi connectivity index (χ4v) is 3.25. The Hall–Kier alpha value is -3.09. The van der Waals surface area contributed by atoms with Gasteiger partial charge in [0.1, 0.15) is 6.33 Å². The zero-order valence-electron chi connectivity index (χ0n) is 14.9. The average Bonchev–Trinajstić information content (AvgIpc) is 3.12. The number of hydrogen-bond acceptors (Lipinski definition) is 5. The van der Waals surface area contributed by atoms with Crippen LogP contribution in [0, 0.1) is 0 Å². The summed E-state index contributed by atoms with van der Waals surface area (Å²) in [6, 6.07) is 3.77. The molecule has 3 aromatic rings. The summed E-state index contributed by atoms with van der Waals surface area (Å²) < 4.78 is 1.75. The third-order valence-electron chi connectivity index (χ3n) is 4.70. The maximum absolute atomic E-state index is 12.9. The molecule has 0 saturated carbocycles. The fourth-order valence-electron chi connectivity index (χ4n) is 3.25. The topological polar surface area (TPSA) is 76.8 Å². The number of aromatic nitrogens is 5. The van der Waals surface area contributed by atoms with Gasteiger partial charge in [-0.05, 0) is 18.6 Å². The summed E-state index contributed by atoms with van der Waals surface area (Å²) in [7, 11) is 1.87. The van der Waals surface area contributed by atoms with E-state index in [2.05, 4.69) is 20.1 Å². The molecule has 132 valence electrons. The predicted octanol–water partition coefficient (Wildman–Crippen LogP) is 2.03. The molecular weight excluding hydrogens is 328 g/mol. The molecule has 1 aliphatic heterocycles. The summed E-state index contributed by atoms with van der Waals surface area (Å²) in [5.74, 6) is -0.00760. The molecule has 0 saturated heterocycles. The van der Waals surface area contributed by atoms with Crippen LogP contribution in [0.2, 0.25) is 0 Å². The third-order valence-corrected chi connectivity index (χ3v) is 4.70. The van der Waals surface area contributed by atoms with E-state index in [9.17, 15) is 4.79 Å². The highest BCUT2D eigenvalue weighted by Gasteiger charge is 2.26. The van der Waals surface area contributed by atoms with Gasteiger partial charge in [0.2, 0.25) is 0 Å². The van der Waals surface area contributed by atoms with Gasteiger partial charge in [-0.1, -0.05) is 6.92 Å². The number of hydrogen-bond donors (Lipinski definition) is 0. The lowest BCUT2D eigenvalue weighted by molar-refractivity contribution is 0.0733. The Kier molecular flexibility index (Phi) is 4.20. The molecule has 4 rings (SSSR count). The quantitative estimate of drug-likeness (QED) is 0.724. The zero-order chi connectivity index (χ0) is 18.1. The van der Waals surface area contributed by atoms with Gasteiger partial charge in [0.15, 0.2) is 0 Å². The second-order valence-corrected chi connectivity index (χ2v) is 6.42. The van der Waals surface area contributed by atoms with Crippen molar-refractivity contribution in [3.63, 3.8) is 0 Å². The van der Waals surface area contributed by atoms with Crippen LogP contribution in [0.15, 0.2) is 37.1 Å². The van der Waals surface area contributed by atoms with E-state index in [1.807, 2.05) is 37.2 Å². The number of aryl methyl sites for hydroxylation is 2. The first-order valence-corrected chi connectivity index (χ1v) is 8.71. The second-order valence-electron chi connectivity index (χ2n) is 6.42. The first-order valence-electron chi connectivity index (χ1n) is 8.71. The molecule has 4 heterocycles. The van der Waals surface area contributed by atoms with E-state index < -0.39 is 0 Å². The maximum atomic E-state index is 12.9. The van der Waals surface area contributed by atoms with Crippen LogP contribution >= 0.6 is 0 Å². The average molecular weight is 348 g/mol. The first-order chi connectivity index (χ1) is 12.7. The lowest BCUT2D eigenvalue weighted by atomic mass is 10.0. The van der Waals surface area contributed by atoms with Gasteiger partial charge in [0.25, 0.3) is 5.91 Å². The van der Waals surface area contributed by atoms with Crippen LogP contribution in [-0.4, -0.2) is 42.1 Å². The molecule has 0 N–H and O–H groups in total. The van der Waals surface area contributed by atoms with Crippen molar-refractivity contribution >= 4 is 5.91 Å². The Morgan fingerprint density at radius 2 is 2.08 bits per heavy atom. The monoisotopic (exact) mass is 348 g/mol. The number of nitrogens with zero attached hydrogens (tertiary/aromatic N) is 6. The molecule has 7 heteroatoms. The van der Waals surface area contributed by atoms with E-state index >= 15 is 0 Å². The Bertz CT molecular complexity index is 947. The van der Waals surface area contributed by atoms with Crippen LogP contribution in [-0.2, 0) is 26.4 Å². The van der Waals surface area contributed by atoms with Gasteiger partial charge >= 0.3 is 0 Å². The van der Waals surface area contributed by atoms with Crippen LogP contribution in [0.3, 0.4) is 0 Å². The molecule has 0 unspecified atom stereocenters. The lowest BCUT2D eigenvalue weighted by Crippen LogP contribution is -2.36. The van der Waals surface area contributed by atoms with Gasteiger partial charge in [-0.2, -0.15) is 5.10 Å². The van der Waals surface area contributed by atoms with Crippen LogP contribution in [0.1, 0.15) is 34.2 Å². The molecule has 7 nitrogen and oxygen atoms in total. The Morgan fingerprint density at radius 1 is 1.19 bits per heavy atom. The smallest absolute Gasteiger partial charge is 0.255 e. The molecule has 0 radical (unpaired) electrons.